The van der Waals surface area contributed by atoms with Crippen LogP contribution < -0.4 is 0 Å². The van der Waals surface area contributed by atoms with Crippen LogP contribution in [0.4, 0.5) is 0 Å². The molecule has 1 amide bonds. The second-order valence-electron chi connectivity index (χ2n) is 7.35. The summed E-state index contributed by atoms with van der Waals surface area (Å²) in [7, 11) is 0. The predicted octanol–water partition coefficient (Wildman–Crippen LogP) is 2.75. The molecule has 134 valence electrons. The highest BCUT2D eigenvalue weighted by Crippen LogP contribution is 2.27. The van der Waals surface area contributed by atoms with Crippen LogP contribution in [0.3, 0.4) is 0 Å². The van der Waals surface area contributed by atoms with E-state index in [-0.39, 0.29) is 11.3 Å². The van der Waals surface area contributed by atoms with Gasteiger partial charge in [0, 0.05) is 41.8 Å². The molecule has 0 N–H and O–H groups in total. The largest absolute Gasteiger partial charge is 0.328 e. The minimum Gasteiger partial charge on any atom is -0.328 e. The zero-order valence-electron chi connectivity index (χ0n) is 15.0. The number of hydrogen-bond donors (Lipinski definition) is 0. The standard InChI is InChI=1S/C18H20N6OS/c1-18(2,3)17-20-13(11-26-17)16(25)23-7-8-24-14(10-23)21-22-15(24)12-5-4-6-19-9-12/h4-6,9,11H,7-8,10H2,1-3H3. The van der Waals surface area contributed by atoms with E-state index in [1.807, 2.05) is 17.5 Å². The van der Waals surface area contributed by atoms with Gasteiger partial charge in [0.2, 0.25) is 0 Å². The van der Waals surface area contributed by atoms with Crippen LogP contribution in [0.2, 0.25) is 0 Å². The molecule has 8 heteroatoms. The van der Waals surface area contributed by atoms with Gasteiger partial charge in [0.25, 0.3) is 5.91 Å². The lowest BCUT2D eigenvalue weighted by atomic mass is 9.98. The summed E-state index contributed by atoms with van der Waals surface area (Å²) in [5, 5.41) is 11.4. The quantitative estimate of drug-likeness (QED) is 0.695. The zero-order chi connectivity index (χ0) is 18.3. The van der Waals surface area contributed by atoms with Gasteiger partial charge in [-0.25, -0.2) is 4.98 Å². The molecule has 0 saturated heterocycles. The zero-order valence-corrected chi connectivity index (χ0v) is 15.8. The molecule has 7 nitrogen and oxygen atoms in total. The number of pyridine rings is 1. The van der Waals surface area contributed by atoms with Crippen LogP contribution in [0.25, 0.3) is 11.4 Å². The lowest BCUT2D eigenvalue weighted by Gasteiger charge is -2.27. The molecule has 0 radical (unpaired) electrons. The smallest absolute Gasteiger partial charge is 0.273 e. The topological polar surface area (TPSA) is 76.8 Å². The third-order valence-electron chi connectivity index (χ3n) is 4.33. The Bertz CT molecular complexity index is 940. The van der Waals surface area contributed by atoms with Crippen LogP contribution >= 0.6 is 11.3 Å². The molecular formula is C18H20N6OS. The number of hydrogen-bond acceptors (Lipinski definition) is 6. The molecular weight excluding hydrogens is 348 g/mol. The van der Waals surface area contributed by atoms with E-state index >= 15 is 0 Å². The van der Waals surface area contributed by atoms with E-state index < -0.39 is 0 Å². The van der Waals surface area contributed by atoms with Crippen LogP contribution in [0.5, 0.6) is 0 Å². The number of fused-ring (bicyclic) bond motifs is 1. The summed E-state index contributed by atoms with van der Waals surface area (Å²) in [5.74, 6) is 1.53. The predicted molar refractivity (Wildman–Crippen MR) is 98.8 cm³/mol. The Morgan fingerprint density at radius 3 is 2.77 bits per heavy atom. The summed E-state index contributed by atoms with van der Waals surface area (Å²) in [6.07, 6.45) is 3.51. The second-order valence-corrected chi connectivity index (χ2v) is 8.21. The van der Waals surface area contributed by atoms with E-state index in [4.69, 9.17) is 0 Å². The summed E-state index contributed by atoms with van der Waals surface area (Å²) < 4.78 is 2.06. The normalized spacial score (nSPS) is 14.3. The number of aromatic nitrogens is 5. The molecule has 26 heavy (non-hydrogen) atoms. The van der Waals surface area contributed by atoms with Crippen molar-refractivity contribution in [3.05, 3.63) is 46.4 Å². The SMILES string of the molecule is CC(C)(C)c1nc(C(=O)N2CCn3c(nnc3-c3cccnc3)C2)cs1. The van der Waals surface area contributed by atoms with Gasteiger partial charge in [0.1, 0.15) is 5.69 Å². The highest BCUT2D eigenvalue weighted by Gasteiger charge is 2.28. The molecule has 0 unspecified atom stereocenters. The molecule has 1 aliphatic rings. The third-order valence-corrected chi connectivity index (χ3v) is 5.59. The Morgan fingerprint density at radius 1 is 1.23 bits per heavy atom. The van der Waals surface area contributed by atoms with Gasteiger partial charge < -0.3 is 9.47 Å². The maximum atomic E-state index is 12.8. The monoisotopic (exact) mass is 368 g/mol. The Morgan fingerprint density at radius 2 is 2.08 bits per heavy atom. The van der Waals surface area contributed by atoms with Crippen molar-refractivity contribution in [3.63, 3.8) is 0 Å². The number of carbonyl (C=O) groups is 1. The van der Waals surface area contributed by atoms with Gasteiger partial charge in [-0.15, -0.1) is 21.5 Å². The van der Waals surface area contributed by atoms with Gasteiger partial charge in [-0.3, -0.25) is 9.78 Å². The lowest BCUT2D eigenvalue weighted by molar-refractivity contribution is 0.0702. The first-order valence-corrected chi connectivity index (χ1v) is 9.39. The Labute approximate surface area is 155 Å². The summed E-state index contributed by atoms with van der Waals surface area (Å²) in [6, 6.07) is 3.84. The minimum atomic E-state index is -0.0517. The number of carbonyl (C=O) groups excluding carboxylic acids is 1. The molecule has 3 aromatic rings. The van der Waals surface area contributed by atoms with Crippen molar-refractivity contribution >= 4 is 17.2 Å². The van der Waals surface area contributed by atoms with Crippen molar-refractivity contribution in [2.45, 2.75) is 39.3 Å². The van der Waals surface area contributed by atoms with Gasteiger partial charge in [-0.1, -0.05) is 20.8 Å². The van der Waals surface area contributed by atoms with E-state index in [0.29, 0.717) is 25.3 Å². The van der Waals surface area contributed by atoms with E-state index in [1.165, 1.54) is 11.3 Å². The average Bonchev–Trinajstić information content (AvgIpc) is 3.28. The fourth-order valence-electron chi connectivity index (χ4n) is 2.92. The van der Waals surface area contributed by atoms with Crippen LogP contribution in [0, 0.1) is 0 Å². The third kappa shape index (κ3) is 3.01. The van der Waals surface area contributed by atoms with Crippen molar-refractivity contribution in [1.82, 2.24) is 29.6 Å². The van der Waals surface area contributed by atoms with Crippen LogP contribution in [-0.4, -0.2) is 42.1 Å². The summed E-state index contributed by atoms with van der Waals surface area (Å²) in [4.78, 5) is 23.3. The Kier molecular flexibility index (Phi) is 4.07. The van der Waals surface area contributed by atoms with Gasteiger partial charge in [0.05, 0.1) is 11.6 Å². The van der Waals surface area contributed by atoms with Crippen molar-refractivity contribution in [2.24, 2.45) is 0 Å². The van der Waals surface area contributed by atoms with Crippen molar-refractivity contribution in [1.29, 1.82) is 0 Å². The highest BCUT2D eigenvalue weighted by atomic mass is 32.1. The number of nitrogens with zero attached hydrogens (tertiary/aromatic N) is 6. The highest BCUT2D eigenvalue weighted by molar-refractivity contribution is 7.10. The van der Waals surface area contributed by atoms with Gasteiger partial charge in [-0.2, -0.15) is 0 Å². The molecule has 3 aromatic heterocycles. The molecule has 0 saturated carbocycles. The first-order chi connectivity index (χ1) is 12.4. The summed E-state index contributed by atoms with van der Waals surface area (Å²) in [5.41, 5.74) is 1.39. The first kappa shape index (κ1) is 16.8. The maximum absolute atomic E-state index is 12.8. The molecule has 0 bridgehead atoms. The number of thiazole rings is 1. The van der Waals surface area contributed by atoms with E-state index in [2.05, 4.69) is 45.5 Å². The minimum absolute atomic E-state index is 0.0473. The molecule has 0 aromatic carbocycles. The summed E-state index contributed by atoms with van der Waals surface area (Å²) >= 11 is 1.54. The van der Waals surface area contributed by atoms with Gasteiger partial charge >= 0.3 is 0 Å². The van der Waals surface area contributed by atoms with Crippen LogP contribution in [-0.2, 0) is 18.5 Å². The Balaban J connectivity index is 1.55. The molecule has 4 heterocycles. The number of amides is 1. The van der Waals surface area contributed by atoms with Crippen molar-refractivity contribution in [3.8, 4) is 11.4 Å². The first-order valence-electron chi connectivity index (χ1n) is 8.51. The molecule has 0 spiro atoms. The maximum Gasteiger partial charge on any atom is 0.273 e. The molecule has 0 aliphatic carbocycles. The van der Waals surface area contributed by atoms with Gasteiger partial charge in [0.15, 0.2) is 11.6 Å². The van der Waals surface area contributed by atoms with Crippen molar-refractivity contribution in [2.75, 3.05) is 6.54 Å². The van der Waals surface area contributed by atoms with Crippen LogP contribution in [0.15, 0.2) is 29.9 Å². The molecule has 0 fully saturated rings. The van der Waals surface area contributed by atoms with E-state index in [0.717, 1.165) is 22.2 Å². The van der Waals surface area contributed by atoms with E-state index in [1.54, 1.807) is 17.3 Å². The fourth-order valence-corrected chi connectivity index (χ4v) is 3.80. The lowest BCUT2D eigenvalue weighted by Crippen LogP contribution is -2.38. The number of rotatable bonds is 2. The van der Waals surface area contributed by atoms with E-state index in [9.17, 15) is 4.79 Å². The molecule has 1 aliphatic heterocycles. The average molecular weight is 368 g/mol. The molecule has 4 rings (SSSR count). The van der Waals surface area contributed by atoms with Gasteiger partial charge in [-0.05, 0) is 12.1 Å². The molecule has 0 atom stereocenters. The summed E-state index contributed by atoms with van der Waals surface area (Å²) in [6.45, 7) is 8.01. The van der Waals surface area contributed by atoms with Crippen molar-refractivity contribution < 1.29 is 4.79 Å². The fraction of sp³-hybridized carbons (Fsp3) is 0.389. The second kappa shape index (κ2) is 6.28. The van der Waals surface area contributed by atoms with Crippen LogP contribution in [0.1, 0.15) is 42.1 Å². The Hall–Kier alpha value is -2.61.